The van der Waals surface area contributed by atoms with Crippen LogP contribution in [0.4, 0.5) is 0 Å². The summed E-state index contributed by atoms with van der Waals surface area (Å²) in [5.74, 6) is 2.31. The summed E-state index contributed by atoms with van der Waals surface area (Å²) in [6.07, 6.45) is 4.07. The molecule has 0 aliphatic heterocycles. The van der Waals surface area contributed by atoms with Crippen molar-refractivity contribution in [2.45, 2.75) is 33.2 Å². The molecule has 2 rings (SSSR count). The number of nitrogens with one attached hydrogen (secondary N) is 2. The van der Waals surface area contributed by atoms with Crippen molar-refractivity contribution in [3.63, 3.8) is 0 Å². The molecule has 0 bridgehead atoms. The van der Waals surface area contributed by atoms with Crippen molar-refractivity contribution in [1.29, 1.82) is 0 Å². The highest BCUT2D eigenvalue weighted by molar-refractivity contribution is 14.0. The van der Waals surface area contributed by atoms with Crippen LogP contribution in [-0.2, 0) is 6.54 Å². The van der Waals surface area contributed by atoms with Gasteiger partial charge >= 0.3 is 0 Å². The number of halogens is 1. The fourth-order valence-electron chi connectivity index (χ4n) is 2.39. The zero-order valence-corrected chi connectivity index (χ0v) is 16.9. The van der Waals surface area contributed by atoms with E-state index in [-0.39, 0.29) is 24.0 Å². The van der Waals surface area contributed by atoms with Crippen LogP contribution in [0.1, 0.15) is 32.5 Å². The third kappa shape index (κ3) is 5.77. The van der Waals surface area contributed by atoms with E-state index in [1.807, 2.05) is 34.9 Å². The molecule has 0 spiro atoms. The van der Waals surface area contributed by atoms with E-state index in [4.69, 9.17) is 0 Å². The van der Waals surface area contributed by atoms with Gasteiger partial charge in [-0.05, 0) is 18.1 Å². The molecule has 1 aromatic heterocycles. The molecule has 0 aliphatic carbocycles. The zero-order chi connectivity index (χ0) is 16.5. The number of benzene rings is 1. The van der Waals surface area contributed by atoms with Gasteiger partial charge in [-0.1, -0.05) is 44.9 Å². The van der Waals surface area contributed by atoms with Crippen molar-refractivity contribution in [2.75, 3.05) is 13.6 Å². The van der Waals surface area contributed by atoms with E-state index in [1.54, 1.807) is 13.4 Å². The maximum atomic E-state index is 4.27. The van der Waals surface area contributed by atoms with Crippen LogP contribution in [0.15, 0.2) is 41.7 Å². The van der Waals surface area contributed by atoms with Crippen LogP contribution in [0.2, 0.25) is 0 Å². The monoisotopic (exact) mass is 442 g/mol. The number of hydrogen-bond acceptors (Lipinski definition) is 3. The van der Waals surface area contributed by atoms with Gasteiger partial charge in [0.15, 0.2) is 11.8 Å². The Hall–Kier alpha value is -1.64. The third-order valence-electron chi connectivity index (χ3n) is 4.00. The van der Waals surface area contributed by atoms with E-state index < -0.39 is 0 Å². The second kappa shape index (κ2) is 11.0. The lowest BCUT2D eigenvalue weighted by Gasteiger charge is -2.16. The first-order valence-corrected chi connectivity index (χ1v) is 8.17. The summed E-state index contributed by atoms with van der Waals surface area (Å²) in [4.78, 5) is 4.27. The van der Waals surface area contributed by atoms with Crippen LogP contribution in [0, 0.1) is 5.92 Å². The standard InChI is InChI=1S/C17H26N6.HI/c1-4-14(5-2)11-19-17(18-3)20-12-16-22-21-13-23(16)15-9-7-6-8-10-15;/h6-10,13-14H,4-5,11-12H2,1-3H3,(H2,18,19,20);1H. The van der Waals surface area contributed by atoms with Gasteiger partial charge in [0, 0.05) is 19.3 Å². The third-order valence-corrected chi connectivity index (χ3v) is 4.00. The van der Waals surface area contributed by atoms with Crippen molar-refractivity contribution in [3.8, 4) is 5.69 Å². The molecule has 0 saturated carbocycles. The first kappa shape index (κ1) is 20.4. The summed E-state index contributed by atoms with van der Waals surface area (Å²) in [7, 11) is 1.78. The summed E-state index contributed by atoms with van der Waals surface area (Å²) in [5.41, 5.74) is 1.05. The number of aliphatic imine (C=N–C) groups is 1. The number of para-hydroxylation sites is 1. The highest BCUT2D eigenvalue weighted by atomic mass is 127. The first-order valence-electron chi connectivity index (χ1n) is 8.17. The van der Waals surface area contributed by atoms with Crippen LogP contribution in [-0.4, -0.2) is 34.3 Å². The van der Waals surface area contributed by atoms with Gasteiger partial charge in [-0.25, -0.2) is 0 Å². The van der Waals surface area contributed by atoms with Crippen molar-refractivity contribution >= 4 is 29.9 Å². The smallest absolute Gasteiger partial charge is 0.191 e. The maximum Gasteiger partial charge on any atom is 0.191 e. The molecule has 0 aliphatic rings. The average molecular weight is 442 g/mol. The molecule has 1 heterocycles. The van der Waals surface area contributed by atoms with Crippen LogP contribution in [0.25, 0.3) is 5.69 Å². The molecular weight excluding hydrogens is 415 g/mol. The minimum Gasteiger partial charge on any atom is -0.356 e. The SMILES string of the molecule is CCC(CC)CNC(=NC)NCc1nncn1-c1ccccc1.I. The van der Waals surface area contributed by atoms with E-state index >= 15 is 0 Å². The second-order valence-electron chi connectivity index (χ2n) is 5.44. The van der Waals surface area contributed by atoms with Crippen LogP contribution in [0.3, 0.4) is 0 Å². The molecular formula is C17H27IN6. The van der Waals surface area contributed by atoms with E-state index in [1.165, 1.54) is 12.8 Å². The van der Waals surface area contributed by atoms with Gasteiger partial charge in [-0.3, -0.25) is 9.56 Å². The number of guanidine groups is 1. The summed E-state index contributed by atoms with van der Waals surface area (Å²) in [6, 6.07) is 10.1. The molecule has 7 heteroatoms. The molecule has 0 saturated heterocycles. The summed E-state index contributed by atoms with van der Waals surface area (Å²) >= 11 is 0. The van der Waals surface area contributed by atoms with Gasteiger partial charge in [0.1, 0.15) is 6.33 Å². The van der Waals surface area contributed by atoms with Crippen LogP contribution in [0.5, 0.6) is 0 Å². The minimum absolute atomic E-state index is 0. The fraction of sp³-hybridized carbons (Fsp3) is 0.471. The lowest BCUT2D eigenvalue weighted by molar-refractivity contribution is 0.481. The highest BCUT2D eigenvalue weighted by Crippen LogP contribution is 2.08. The first-order chi connectivity index (χ1) is 11.3. The van der Waals surface area contributed by atoms with Gasteiger partial charge in [0.05, 0.1) is 6.54 Å². The van der Waals surface area contributed by atoms with Gasteiger partial charge < -0.3 is 10.6 Å². The molecule has 1 aromatic carbocycles. The van der Waals surface area contributed by atoms with E-state index in [0.29, 0.717) is 12.5 Å². The molecule has 2 aromatic rings. The fourth-order valence-corrected chi connectivity index (χ4v) is 2.39. The molecule has 24 heavy (non-hydrogen) atoms. The second-order valence-corrected chi connectivity index (χ2v) is 5.44. The van der Waals surface area contributed by atoms with Gasteiger partial charge in [-0.15, -0.1) is 34.2 Å². The minimum atomic E-state index is 0. The predicted molar refractivity (Wildman–Crippen MR) is 109 cm³/mol. The Labute approximate surface area is 161 Å². The lowest BCUT2D eigenvalue weighted by atomic mass is 10.0. The molecule has 0 fully saturated rings. The van der Waals surface area contributed by atoms with Crippen LogP contribution >= 0.6 is 24.0 Å². The predicted octanol–water partition coefficient (Wildman–Crippen LogP) is 2.99. The topological polar surface area (TPSA) is 67.1 Å². The average Bonchev–Trinajstić information content (AvgIpc) is 3.07. The van der Waals surface area contributed by atoms with E-state index in [2.05, 4.69) is 39.7 Å². The van der Waals surface area contributed by atoms with Crippen LogP contribution < -0.4 is 10.6 Å². The molecule has 0 amide bonds. The van der Waals surface area contributed by atoms with Gasteiger partial charge in [0.2, 0.25) is 0 Å². The zero-order valence-electron chi connectivity index (χ0n) is 14.6. The van der Waals surface area contributed by atoms with Gasteiger partial charge in [0.25, 0.3) is 0 Å². The molecule has 0 unspecified atom stereocenters. The number of nitrogens with zero attached hydrogens (tertiary/aromatic N) is 4. The van der Waals surface area contributed by atoms with Gasteiger partial charge in [-0.2, -0.15) is 0 Å². The van der Waals surface area contributed by atoms with Crippen molar-refractivity contribution in [2.24, 2.45) is 10.9 Å². The number of hydrogen-bond donors (Lipinski definition) is 2. The Morgan fingerprint density at radius 2 is 1.88 bits per heavy atom. The highest BCUT2D eigenvalue weighted by Gasteiger charge is 2.08. The molecule has 2 N–H and O–H groups in total. The van der Waals surface area contributed by atoms with E-state index in [9.17, 15) is 0 Å². The molecule has 132 valence electrons. The molecule has 0 radical (unpaired) electrons. The quantitative estimate of drug-likeness (QED) is 0.393. The summed E-state index contributed by atoms with van der Waals surface area (Å²) in [5, 5.41) is 14.9. The van der Waals surface area contributed by atoms with E-state index in [0.717, 1.165) is 24.0 Å². The summed E-state index contributed by atoms with van der Waals surface area (Å²) in [6.45, 7) is 5.93. The Morgan fingerprint density at radius 1 is 1.17 bits per heavy atom. The lowest BCUT2D eigenvalue weighted by Crippen LogP contribution is -2.39. The largest absolute Gasteiger partial charge is 0.356 e. The number of rotatable bonds is 7. The van der Waals surface area contributed by atoms with Crippen molar-refractivity contribution in [1.82, 2.24) is 25.4 Å². The normalized spacial score (nSPS) is 11.2. The number of aromatic nitrogens is 3. The maximum absolute atomic E-state index is 4.27. The summed E-state index contributed by atoms with van der Waals surface area (Å²) < 4.78 is 1.97. The van der Waals surface area contributed by atoms with Crippen molar-refractivity contribution < 1.29 is 0 Å². The Balaban J connectivity index is 0.00000288. The molecule has 0 atom stereocenters. The molecule has 6 nitrogen and oxygen atoms in total. The van der Waals surface area contributed by atoms with Crippen molar-refractivity contribution in [3.05, 3.63) is 42.5 Å². The Bertz CT molecular complexity index is 607. The Morgan fingerprint density at radius 3 is 2.50 bits per heavy atom. The Kier molecular flexibility index (Phi) is 9.36.